The first-order chi connectivity index (χ1) is 8.19. The second-order valence-electron chi connectivity index (χ2n) is 3.36. The first kappa shape index (κ1) is 12.2. The molecule has 0 fully saturated rings. The second-order valence-corrected chi connectivity index (χ2v) is 4.97. The first-order valence-electron chi connectivity index (χ1n) is 5.21. The summed E-state index contributed by atoms with van der Waals surface area (Å²) >= 11 is 7.58. The zero-order chi connectivity index (χ0) is 12.3. The fourth-order valence-corrected chi connectivity index (χ4v) is 2.12. The number of hydrogen-bond acceptors (Lipinski definition) is 4. The van der Waals surface area contributed by atoms with Crippen LogP contribution in [0.25, 0.3) is 0 Å². The van der Waals surface area contributed by atoms with E-state index in [-0.39, 0.29) is 0 Å². The Kier molecular flexibility index (Phi) is 3.86. The molecule has 0 saturated carbocycles. The number of rotatable bonds is 4. The summed E-state index contributed by atoms with van der Waals surface area (Å²) in [7, 11) is 0. The average Bonchev–Trinajstić information content (AvgIpc) is 2.69. The normalized spacial score (nSPS) is 10.3. The third kappa shape index (κ3) is 3.11. The Morgan fingerprint density at radius 2 is 2.24 bits per heavy atom. The first-order valence-corrected chi connectivity index (χ1v) is 6.41. The fourth-order valence-electron chi connectivity index (χ4n) is 1.30. The molecule has 90 valence electrons. The van der Waals surface area contributed by atoms with Crippen molar-refractivity contribution in [2.24, 2.45) is 0 Å². The van der Waals surface area contributed by atoms with Gasteiger partial charge < -0.3 is 9.47 Å². The van der Waals surface area contributed by atoms with Crippen molar-refractivity contribution in [3.05, 3.63) is 34.3 Å². The molecule has 0 aliphatic carbocycles. The molecule has 0 aliphatic heterocycles. The number of aromatic nitrogens is 1. The van der Waals surface area contributed by atoms with Gasteiger partial charge in [-0.15, -0.1) is 0 Å². The predicted molar refractivity (Wildman–Crippen MR) is 69.5 cm³/mol. The van der Waals surface area contributed by atoms with Crippen LogP contribution >= 0.6 is 22.9 Å². The quantitative estimate of drug-likeness (QED) is 0.829. The van der Waals surface area contributed by atoms with Crippen LogP contribution in [0.5, 0.6) is 16.7 Å². The lowest BCUT2D eigenvalue weighted by Crippen LogP contribution is -1.91. The molecule has 1 aromatic heterocycles. The van der Waals surface area contributed by atoms with Gasteiger partial charge in [0, 0.05) is 17.1 Å². The molecule has 2 aromatic rings. The van der Waals surface area contributed by atoms with Gasteiger partial charge >= 0.3 is 0 Å². The SMILES string of the molecule is CCOc1ccc(Oc2ncc(C)s2)c(Cl)c1. The second kappa shape index (κ2) is 5.38. The van der Waals surface area contributed by atoms with Gasteiger partial charge in [-0.3, -0.25) is 0 Å². The van der Waals surface area contributed by atoms with Crippen LogP contribution in [0, 0.1) is 6.92 Å². The highest BCUT2D eigenvalue weighted by atomic mass is 35.5. The van der Waals surface area contributed by atoms with Crippen LogP contribution in [0.1, 0.15) is 11.8 Å². The van der Waals surface area contributed by atoms with Gasteiger partial charge in [0.2, 0.25) is 0 Å². The van der Waals surface area contributed by atoms with Gasteiger partial charge in [-0.05, 0) is 26.0 Å². The highest BCUT2D eigenvalue weighted by Crippen LogP contribution is 2.33. The Balaban J connectivity index is 2.16. The van der Waals surface area contributed by atoms with Crippen molar-refractivity contribution in [1.82, 2.24) is 4.98 Å². The van der Waals surface area contributed by atoms with Crippen LogP contribution in [-0.2, 0) is 0 Å². The molecule has 0 radical (unpaired) electrons. The lowest BCUT2D eigenvalue weighted by Gasteiger charge is -2.07. The molecule has 0 N–H and O–H groups in total. The van der Waals surface area contributed by atoms with Crippen LogP contribution in [0.2, 0.25) is 5.02 Å². The maximum Gasteiger partial charge on any atom is 0.278 e. The average molecular weight is 270 g/mol. The lowest BCUT2D eigenvalue weighted by molar-refractivity contribution is 0.339. The number of benzene rings is 1. The summed E-state index contributed by atoms with van der Waals surface area (Å²) in [6, 6.07) is 5.34. The summed E-state index contributed by atoms with van der Waals surface area (Å²) in [5.74, 6) is 1.32. The molecule has 0 aliphatic rings. The summed E-state index contributed by atoms with van der Waals surface area (Å²) < 4.78 is 10.9. The molecule has 3 nitrogen and oxygen atoms in total. The minimum absolute atomic E-state index is 0.517. The number of hydrogen-bond donors (Lipinski definition) is 0. The predicted octanol–water partition coefficient (Wildman–Crippen LogP) is 4.30. The topological polar surface area (TPSA) is 31.4 Å². The molecule has 0 unspecified atom stereocenters. The Morgan fingerprint density at radius 1 is 1.41 bits per heavy atom. The Hall–Kier alpha value is -1.26. The van der Waals surface area contributed by atoms with E-state index in [2.05, 4.69) is 4.98 Å². The third-order valence-electron chi connectivity index (χ3n) is 2.01. The van der Waals surface area contributed by atoms with Crippen molar-refractivity contribution in [2.45, 2.75) is 13.8 Å². The largest absolute Gasteiger partial charge is 0.494 e. The van der Waals surface area contributed by atoms with E-state index in [0.717, 1.165) is 10.6 Å². The van der Waals surface area contributed by atoms with Crippen molar-refractivity contribution >= 4 is 22.9 Å². The van der Waals surface area contributed by atoms with Gasteiger partial charge in [-0.2, -0.15) is 0 Å². The van der Waals surface area contributed by atoms with E-state index >= 15 is 0 Å². The Morgan fingerprint density at radius 3 is 2.82 bits per heavy atom. The molecule has 1 heterocycles. The highest BCUT2D eigenvalue weighted by Gasteiger charge is 2.07. The van der Waals surface area contributed by atoms with Gasteiger partial charge in [-0.25, -0.2) is 4.98 Å². The van der Waals surface area contributed by atoms with E-state index in [0.29, 0.717) is 22.6 Å². The number of aryl methyl sites for hydroxylation is 1. The number of halogens is 1. The standard InChI is InChI=1S/C12H12ClNO2S/c1-3-15-9-4-5-11(10(13)6-9)16-12-14-7-8(2)17-12/h4-7H,3H2,1-2H3. The summed E-state index contributed by atoms with van der Waals surface area (Å²) in [5.41, 5.74) is 0. The fraction of sp³-hybridized carbons (Fsp3) is 0.250. The Labute approximate surface area is 109 Å². The minimum Gasteiger partial charge on any atom is -0.494 e. The monoisotopic (exact) mass is 269 g/mol. The highest BCUT2D eigenvalue weighted by molar-refractivity contribution is 7.13. The summed E-state index contributed by atoms with van der Waals surface area (Å²) in [6.45, 7) is 4.52. The molecule has 0 amide bonds. The molecule has 0 saturated heterocycles. The summed E-state index contributed by atoms with van der Waals surface area (Å²) in [5, 5.41) is 1.11. The van der Waals surface area contributed by atoms with E-state index in [1.807, 2.05) is 19.9 Å². The van der Waals surface area contributed by atoms with Crippen molar-refractivity contribution in [3.8, 4) is 16.7 Å². The van der Waals surface area contributed by atoms with Crippen molar-refractivity contribution in [3.63, 3.8) is 0 Å². The molecular weight excluding hydrogens is 258 g/mol. The zero-order valence-electron chi connectivity index (χ0n) is 9.57. The van der Waals surface area contributed by atoms with E-state index in [1.165, 1.54) is 11.3 Å². The maximum absolute atomic E-state index is 6.09. The lowest BCUT2D eigenvalue weighted by atomic mass is 10.3. The van der Waals surface area contributed by atoms with Gasteiger partial charge in [0.15, 0.2) is 0 Å². The number of thiazole rings is 1. The molecule has 0 spiro atoms. The summed E-state index contributed by atoms with van der Waals surface area (Å²) in [4.78, 5) is 5.22. The maximum atomic E-state index is 6.09. The van der Waals surface area contributed by atoms with Crippen LogP contribution < -0.4 is 9.47 Å². The van der Waals surface area contributed by atoms with Crippen molar-refractivity contribution in [2.75, 3.05) is 6.61 Å². The van der Waals surface area contributed by atoms with Crippen LogP contribution in [0.4, 0.5) is 0 Å². The number of nitrogens with zero attached hydrogens (tertiary/aromatic N) is 1. The zero-order valence-corrected chi connectivity index (χ0v) is 11.1. The minimum atomic E-state index is 0.517. The van der Waals surface area contributed by atoms with Crippen LogP contribution in [0.15, 0.2) is 24.4 Å². The summed E-state index contributed by atoms with van der Waals surface area (Å²) in [6.07, 6.45) is 1.77. The smallest absolute Gasteiger partial charge is 0.278 e. The van der Waals surface area contributed by atoms with Crippen LogP contribution in [-0.4, -0.2) is 11.6 Å². The molecular formula is C12H12ClNO2S. The molecule has 2 rings (SSSR count). The van der Waals surface area contributed by atoms with Gasteiger partial charge in [0.1, 0.15) is 11.5 Å². The molecule has 5 heteroatoms. The van der Waals surface area contributed by atoms with E-state index in [4.69, 9.17) is 21.1 Å². The van der Waals surface area contributed by atoms with Crippen molar-refractivity contribution in [1.29, 1.82) is 0 Å². The Bertz CT molecular complexity index is 513. The number of ether oxygens (including phenoxy) is 2. The van der Waals surface area contributed by atoms with Gasteiger partial charge in [0.25, 0.3) is 5.19 Å². The molecule has 0 atom stereocenters. The van der Waals surface area contributed by atoms with Gasteiger partial charge in [-0.1, -0.05) is 22.9 Å². The molecule has 0 bridgehead atoms. The van der Waals surface area contributed by atoms with Crippen molar-refractivity contribution < 1.29 is 9.47 Å². The van der Waals surface area contributed by atoms with E-state index < -0.39 is 0 Å². The molecule has 1 aromatic carbocycles. The van der Waals surface area contributed by atoms with E-state index in [9.17, 15) is 0 Å². The van der Waals surface area contributed by atoms with Gasteiger partial charge in [0.05, 0.1) is 11.6 Å². The third-order valence-corrected chi connectivity index (χ3v) is 3.10. The van der Waals surface area contributed by atoms with E-state index in [1.54, 1.807) is 18.3 Å². The molecule has 17 heavy (non-hydrogen) atoms. The van der Waals surface area contributed by atoms with Crippen LogP contribution in [0.3, 0.4) is 0 Å².